The van der Waals surface area contributed by atoms with Gasteiger partial charge < -0.3 is 23.7 Å². The van der Waals surface area contributed by atoms with Crippen LogP contribution >= 0.6 is 11.3 Å². The number of carbonyl (C=O) groups excluding carboxylic acids is 1. The lowest BCUT2D eigenvalue weighted by atomic mass is 10.0. The van der Waals surface area contributed by atoms with Crippen molar-refractivity contribution in [2.75, 3.05) is 40.4 Å². The standard InChI is InChI=1S/C26H33N3O5S/c1-26(2,3)34-25(31)29-10-8-28(9-11-29)16-20-21(32-5)13-17(14-22(20)33-6)19-15-27(4)24(30)18-7-12-35-23(18)19/h7,12-15H,8-11,16H2,1-6H3. The van der Waals surface area contributed by atoms with Crippen LogP contribution in [0, 0.1) is 0 Å². The van der Waals surface area contributed by atoms with E-state index in [1.165, 1.54) is 0 Å². The molecule has 0 bridgehead atoms. The van der Waals surface area contributed by atoms with Crippen molar-refractivity contribution in [2.24, 2.45) is 7.05 Å². The summed E-state index contributed by atoms with van der Waals surface area (Å²) in [5.41, 5.74) is 2.34. The monoisotopic (exact) mass is 499 g/mol. The Hall–Kier alpha value is -3.04. The molecule has 9 heteroatoms. The number of hydrogen-bond acceptors (Lipinski definition) is 7. The molecule has 3 aromatic rings. The molecule has 1 aliphatic rings. The number of benzene rings is 1. The van der Waals surface area contributed by atoms with Gasteiger partial charge in [-0.15, -0.1) is 11.3 Å². The van der Waals surface area contributed by atoms with Gasteiger partial charge in [-0.05, 0) is 49.9 Å². The van der Waals surface area contributed by atoms with Crippen molar-refractivity contribution < 1.29 is 19.0 Å². The highest BCUT2D eigenvalue weighted by molar-refractivity contribution is 7.17. The Morgan fingerprint density at radius 1 is 1.06 bits per heavy atom. The summed E-state index contributed by atoms with van der Waals surface area (Å²) in [5, 5.41) is 2.65. The number of pyridine rings is 1. The lowest BCUT2D eigenvalue weighted by Gasteiger charge is -2.36. The van der Waals surface area contributed by atoms with E-state index in [2.05, 4.69) is 4.90 Å². The van der Waals surface area contributed by atoms with Gasteiger partial charge in [-0.2, -0.15) is 0 Å². The Morgan fingerprint density at radius 3 is 2.26 bits per heavy atom. The SMILES string of the molecule is COc1cc(-c2cn(C)c(=O)c3ccsc23)cc(OC)c1CN1CCN(C(=O)OC(C)(C)C)CC1. The summed E-state index contributed by atoms with van der Waals surface area (Å²) in [4.78, 5) is 28.9. The van der Waals surface area contributed by atoms with Crippen LogP contribution in [0.4, 0.5) is 4.79 Å². The second-order valence-corrected chi connectivity index (χ2v) is 10.6. The van der Waals surface area contributed by atoms with Crippen LogP contribution in [0.1, 0.15) is 26.3 Å². The lowest BCUT2D eigenvalue weighted by molar-refractivity contribution is 0.0138. The number of rotatable bonds is 5. The van der Waals surface area contributed by atoms with Gasteiger partial charge in [-0.25, -0.2) is 4.79 Å². The number of hydrogen-bond donors (Lipinski definition) is 0. The van der Waals surface area contributed by atoms with Gasteiger partial charge in [0.1, 0.15) is 17.1 Å². The number of carbonyl (C=O) groups is 1. The van der Waals surface area contributed by atoms with E-state index in [1.54, 1.807) is 42.1 Å². The molecule has 0 radical (unpaired) electrons. The maximum absolute atomic E-state index is 12.5. The third-order valence-electron chi connectivity index (χ3n) is 6.11. The molecule has 0 aliphatic carbocycles. The second kappa shape index (κ2) is 9.91. The molecule has 0 atom stereocenters. The zero-order valence-corrected chi connectivity index (χ0v) is 22.0. The normalized spacial score (nSPS) is 14.9. The van der Waals surface area contributed by atoms with Gasteiger partial charge in [0.15, 0.2) is 0 Å². The highest BCUT2D eigenvalue weighted by atomic mass is 32.1. The van der Waals surface area contributed by atoms with Gasteiger partial charge in [-0.1, -0.05) is 0 Å². The number of amides is 1. The molecule has 0 saturated carbocycles. The molecule has 0 N–H and O–H groups in total. The average molecular weight is 500 g/mol. The van der Waals surface area contributed by atoms with Gasteiger partial charge in [0.2, 0.25) is 0 Å². The molecule has 35 heavy (non-hydrogen) atoms. The molecule has 0 spiro atoms. The zero-order chi connectivity index (χ0) is 25.3. The van der Waals surface area contributed by atoms with Crippen molar-refractivity contribution in [3.05, 3.63) is 45.7 Å². The second-order valence-electron chi connectivity index (χ2n) is 9.73. The summed E-state index contributed by atoms with van der Waals surface area (Å²) < 4.78 is 19.7. The Bertz CT molecular complexity index is 1260. The van der Waals surface area contributed by atoms with E-state index >= 15 is 0 Å². The number of nitrogens with zero attached hydrogens (tertiary/aromatic N) is 3. The zero-order valence-electron chi connectivity index (χ0n) is 21.2. The third kappa shape index (κ3) is 5.31. The average Bonchev–Trinajstić information content (AvgIpc) is 3.31. The first kappa shape index (κ1) is 25.1. The summed E-state index contributed by atoms with van der Waals surface area (Å²) in [6.07, 6.45) is 1.60. The highest BCUT2D eigenvalue weighted by Crippen LogP contribution is 2.39. The molecule has 0 unspecified atom stereocenters. The molecule has 4 rings (SSSR count). The number of aryl methyl sites for hydroxylation is 1. The summed E-state index contributed by atoms with van der Waals surface area (Å²) in [5.74, 6) is 1.46. The number of fused-ring (bicyclic) bond motifs is 1. The van der Waals surface area contributed by atoms with Crippen molar-refractivity contribution >= 4 is 27.5 Å². The first-order valence-corrected chi connectivity index (χ1v) is 12.5. The van der Waals surface area contributed by atoms with E-state index in [-0.39, 0.29) is 11.7 Å². The van der Waals surface area contributed by atoms with Crippen LogP contribution in [-0.2, 0) is 18.3 Å². The molecule has 1 aliphatic heterocycles. The molecule has 188 valence electrons. The van der Waals surface area contributed by atoms with Crippen LogP contribution in [-0.4, -0.2) is 66.5 Å². The van der Waals surface area contributed by atoms with E-state index < -0.39 is 5.60 Å². The van der Waals surface area contributed by atoms with Crippen LogP contribution in [0.2, 0.25) is 0 Å². The number of piperazine rings is 1. The summed E-state index contributed by atoms with van der Waals surface area (Å²) in [6.45, 7) is 8.92. The maximum Gasteiger partial charge on any atom is 0.410 e. The third-order valence-corrected chi connectivity index (χ3v) is 7.06. The summed E-state index contributed by atoms with van der Waals surface area (Å²) in [7, 11) is 5.08. The molecule has 1 aromatic carbocycles. The molecule has 2 aromatic heterocycles. The maximum atomic E-state index is 12.5. The predicted octanol–water partition coefficient (Wildman–Crippen LogP) is 4.34. The van der Waals surface area contributed by atoms with Crippen molar-refractivity contribution in [1.82, 2.24) is 14.4 Å². The fourth-order valence-electron chi connectivity index (χ4n) is 4.33. The largest absolute Gasteiger partial charge is 0.496 e. The number of thiophene rings is 1. The van der Waals surface area contributed by atoms with Crippen LogP contribution in [0.25, 0.3) is 21.2 Å². The van der Waals surface area contributed by atoms with Gasteiger partial charge in [0.25, 0.3) is 5.56 Å². The van der Waals surface area contributed by atoms with E-state index in [4.69, 9.17) is 14.2 Å². The highest BCUT2D eigenvalue weighted by Gasteiger charge is 2.27. The van der Waals surface area contributed by atoms with Crippen molar-refractivity contribution in [3.8, 4) is 22.6 Å². The van der Waals surface area contributed by atoms with Crippen LogP contribution in [0.15, 0.2) is 34.6 Å². The first-order valence-electron chi connectivity index (χ1n) is 11.6. The molecule has 3 heterocycles. The molecular weight excluding hydrogens is 466 g/mol. The van der Waals surface area contributed by atoms with Gasteiger partial charge in [0, 0.05) is 56.2 Å². The topological polar surface area (TPSA) is 73.2 Å². The molecule has 1 fully saturated rings. The lowest BCUT2D eigenvalue weighted by Crippen LogP contribution is -2.49. The number of aromatic nitrogens is 1. The van der Waals surface area contributed by atoms with E-state index in [0.717, 1.165) is 46.0 Å². The molecular formula is C26H33N3O5S. The van der Waals surface area contributed by atoms with Gasteiger partial charge in [-0.3, -0.25) is 9.69 Å². The molecule has 1 saturated heterocycles. The van der Waals surface area contributed by atoms with E-state index in [0.29, 0.717) is 25.0 Å². The minimum Gasteiger partial charge on any atom is -0.496 e. The van der Waals surface area contributed by atoms with Crippen LogP contribution in [0.3, 0.4) is 0 Å². The Kier molecular flexibility index (Phi) is 7.10. The fourth-order valence-corrected chi connectivity index (χ4v) is 5.25. The Labute approximate surface area is 209 Å². The first-order chi connectivity index (χ1) is 16.6. The number of methoxy groups -OCH3 is 2. The van der Waals surface area contributed by atoms with Gasteiger partial charge in [0.05, 0.1) is 25.2 Å². The summed E-state index contributed by atoms with van der Waals surface area (Å²) >= 11 is 1.55. The number of ether oxygens (including phenoxy) is 3. The van der Waals surface area contributed by atoms with E-state index in [9.17, 15) is 9.59 Å². The minimum atomic E-state index is -0.504. The van der Waals surface area contributed by atoms with Crippen LogP contribution in [0.5, 0.6) is 11.5 Å². The predicted molar refractivity (Wildman–Crippen MR) is 139 cm³/mol. The Balaban J connectivity index is 1.58. The quantitative estimate of drug-likeness (QED) is 0.520. The smallest absolute Gasteiger partial charge is 0.410 e. The van der Waals surface area contributed by atoms with Crippen molar-refractivity contribution in [2.45, 2.75) is 32.9 Å². The van der Waals surface area contributed by atoms with Crippen molar-refractivity contribution in [1.29, 1.82) is 0 Å². The Morgan fingerprint density at radius 2 is 1.69 bits per heavy atom. The van der Waals surface area contributed by atoms with Crippen LogP contribution < -0.4 is 15.0 Å². The van der Waals surface area contributed by atoms with Gasteiger partial charge >= 0.3 is 6.09 Å². The van der Waals surface area contributed by atoms with E-state index in [1.807, 2.05) is 50.5 Å². The fraction of sp³-hybridized carbons (Fsp3) is 0.462. The molecule has 8 nitrogen and oxygen atoms in total. The van der Waals surface area contributed by atoms with Crippen molar-refractivity contribution in [3.63, 3.8) is 0 Å². The molecule has 1 amide bonds. The summed E-state index contributed by atoms with van der Waals surface area (Å²) in [6, 6.07) is 5.88. The minimum absolute atomic E-state index is 0.00826.